The van der Waals surface area contributed by atoms with E-state index in [2.05, 4.69) is 0 Å². The SMILES string of the molecule is C1COC(C(SSC(C2OCCO2)C2OCCO2)C2OCCO2)O1. The van der Waals surface area contributed by atoms with E-state index in [1.54, 1.807) is 21.6 Å². The fraction of sp³-hybridized carbons (Fsp3) is 1.00. The molecule has 24 heavy (non-hydrogen) atoms. The maximum Gasteiger partial charge on any atom is 0.175 e. The summed E-state index contributed by atoms with van der Waals surface area (Å²) in [6.45, 7) is 4.72. The van der Waals surface area contributed by atoms with E-state index in [0.29, 0.717) is 52.9 Å². The van der Waals surface area contributed by atoms with Gasteiger partial charge in [-0.2, -0.15) is 0 Å². The number of ether oxygens (including phenoxy) is 8. The topological polar surface area (TPSA) is 73.8 Å². The third-order valence-corrected chi connectivity index (χ3v) is 7.05. The molecule has 4 aliphatic heterocycles. The Labute approximate surface area is 148 Å². The molecule has 0 saturated carbocycles. The Morgan fingerprint density at radius 3 is 0.833 bits per heavy atom. The van der Waals surface area contributed by atoms with Gasteiger partial charge >= 0.3 is 0 Å². The van der Waals surface area contributed by atoms with Gasteiger partial charge in [0.05, 0.1) is 52.9 Å². The Bertz CT molecular complexity index is 311. The zero-order valence-corrected chi connectivity index (χ0v) is 14.8. The number of rotatable bonds is 7. The van der Waals surface area contributed by atoms with Gasteiger partial charge in [-0.25, -0.2) is 0 Å². The summed E-state index contributed by atoms with van der Waals surface area (Å²) in [5.74, 6) is 0. The molecule has 4 heterocycles. The lowest BCUT2D eigenvalue weighted by Crippen LogP contribution is -2.39. The van der Waals surface area contributed by atoms with Gasteiger partial charge in [0.25, 0.3) is 0 Å². The van der Waals surface area contributed by atoms with E-state index in [0.717, 1.165) is 0 Å². The lowest BCUT2D eigenvalue weighted by Gasteiger charge is -2.29. The smallest absolute Gasteiger partial charge is 0.175 e. The molecule has 0 N–H and O–H groups in total. The molecule has 4 aliphatic rings. The van der Waals surface area contributed by atoms with Gasteiger partial charge in [-0.05, 0) is 0 Å². The Morgan fingerprint density at radius 2 is 0.625 bits per heavy atom. The van der Waals surface area contributed by atoms with Gasteiger partial charge in [0.1, 0.15) is 10.5 Å². The summed E-state index contributed by atoms with van der Waals surface area (Å²) in [6, 6.07) is 0. The van der Waals surface area contributed by atoms with E-state index in [-0.39, 0.29) is 35.7 Å². The first kappa shape index (κ1) is 17.8. The lowest BCUT2D eigenvalue weighted by atomic mass is 10.4. The summed E-state index contributed by atoms with van der Waals surface area (Å²) in [7, 11) is 3.19. The molecule has 0 atom stereocenters. The van der Waals surface area contributed by atoms with Crippen LogP contribution in [0.1, 0.15) is 0 Å². The molecule has 8 nitrogen and oxygen atoms in total. The summed E-state index contributed by atoms with van der Waals surface area (Å²) in [6.07, 6.45) is -1.38. The molecule has 10 heteroatoms. The summed E-state index contributed by atoms with van der Waals surface area (Å²) < 4.78 is 45.4. The van der Waals surface area contributed by atoms with Crippen LogP contribution in [0.2, 0.25) is 0 Å². The second kappa shape index (κ2) is 8.85. The van der Waals surface area contributed by atoms with Gasteiger partial charge in [0, 0.05) is 0 Å². The summed E-state index contributed by atoms with van der Waals surface area (Å²) in [4.78, 5) is 0. The largest absolute Gasteiger partial charge is 0.349 e. The Balaban J connectivity index is 1.39. The number of hydrogen-bond donors (Lipinski definition) is 0. The minimum absolute atomic E-state index is 0.106. The molecule has 0 unspecified atom stereocenters. The van der Waals surface area contributed by atoms with Crippen LogP contribution in [0.5, 0.6) is 0 Å². The molecule has 0 spiro atoms. The van der Waals surface area contributed by atoms with Crippen LogP contribution in [0.4, 0.5) is 0 Å². The normalized spacial score (nSPS) is 28.2. The van der Waals surface area contributed by atoms with E-state index < -0.39 is 0 Å². The van der Waals surface area contributed by atoms with Crippen LogP contribution in [0.3, 0.4) is 0 Å². The first-order valence-electron chi connectivity index (χ1n) is 8.17. The first-order chi connectivity index (χ1) is 11.9. The molecular formula is C14H22O8S2. The molecule has 138 valence electrons. The molecule has 0 aromatic heterocycles. The zero-order chi connectivity index (χ0) is 16.2. The molecule has 0 aliphatic carbocycles. The lowest BCUT2D eigenvalue weighted by molar-refractivity contribution is -0.120. The predicted molar refractivity (Wildman–Crippen MR) is 85.5 cm³/mol. The summed E-state index contributed by atoms with van der Waals surface area (Å²) >= 11 is 0. The molecule has 0 amide bonds. The van der Waals surface area contributed by atoms with E-state index in [9.17, 15) is 0 Å². The molecule has 0 radical (unpaired) electrons. The second-order valence-corrected chi connectivity index (χ2v) is 8.19. The van der Waals surface area contributed by atoms with Gasteiger partial charge in [-0.3, -0.25) is 0 Å². The third-order valence-electron chi connectivity index (χ3n) is 3.94. The van der Waals surface area contributed by atoms with Gasteiger partial charge in [-0.1, -0.05) is 21.6 Å². The van der Waals surface area contributed by atoms with E-state index in [1.807, 2.05) is 0 Å². The highest BCUT2D eigenvalue weighted by Gasteiger charge is 2.42. The fourth-order valence-electron chi connectivity index (χ4n) is 2.83. The van der Waals surface area contributed by atoms with E-state index in [4.69, 9.17) is 37.9 Å². The van der Waals surface area contributed by atoms with Crippen molar-refractivity contribution in [3.05, 3.63) is 0 Å². The van der Waals surface area contributed by atoms with Crippen molar-refractivity contribution < 1.29 is 37.9 Å². The van der Waals surface area contributed by atoms with Crippen molar-refractivity contribution in [2.24, 2.45) is 0 Å². The highest BCUT2D eigenvalue weighted by atomic mass is 33.1. The third kappa shape index (κ3) is 4.20. The van der Waals surface area contributed by atoms with Crippen molar-refractivity contribution >= 4 is 21.6 Å². The van der Waals surface area contributed by atoms with Crippen LogP contribution < -0.4 is 0 Å². The molecular weight excluding hydrogens is 360 g/mol. The van der Waals surface area contributed by atoms with Gasteiger partial charge < -0.3 is 37.9 Å². The monoisotopic (exact) mass is 382 g/mol. The van der Waals surface area contributed by atoms with Gasteiger partial charge in [0.2, 0.25) is 0 Å². The van der Waals surface area contributed by atoms with E-state index in [1.165, 1.54) is 0 Å². The molecule has 4 rings (SSSR count). The zero-order valence-electron chi connectivity index (χ0n) is 13.2. The van der Waals surface area contributed by atoms with Crippen LogP contribution in [-0.2, 0) is 37.9 Å². The van der Waals surface area contributed by atoms with Crippen molar-refractivity contribution in [2.75, 3.05) is 52.9 Å². The van der Waals surface area contributed by atoms with Crippen molar-refractivity contribution in [3.63, 3.8) is 0 Å². The Kier molecular flexibility index (Phi) is 6.55. The minimum Gasteiger partial charge on any atom is -0.349 e. The highest BCUT2D eigenvalue weighted by Crippen LogP contribution is 2.42. The summed E-state index contributed by atoms with van der Waals surface area (Å²) in [5.41, 5.74) is 0. The van der Waals surface area contributed by atoms with Gasteiger partial charge in [0.15, 0.2) is 25.2 Å². The van der Waals surface area contributed by atoms with Crippen molar-refractivity contribution in [3.8, 4) is 0 Å². The Hall–Kier alpha value is 0.380. The second-order valence-electron chi connectivity index (χ2n) is 5.56. The average Bonchev–Trinajstić information content (AvgIpc) is 3.42. The summed E-state index contributed by atoms with van der Waals surface area (Å²) in [5, 5.41) is -0.212. The molecule has 0 bridgehead atoms. The van der Waals surface area contributed by atoms with Crippen molar-refractivity contribution in [1.29, 1.82) is 0 Å². The Morgan fingerprint density at radius 1 is 0.417 bits per heavy atom. The van der Waals surface area contributed by atoms with Crippen LogP contribution in [0, 0.1) is 0 Å². The standard InChI is InChI=1S/C14H22O8S2/c1-2-16-11(15-1)9(12-17-3-4-18-12)23-24-10(13-19-5-6-20-13)14-21-7-8-22-14/h9-14H,1-8H2. The van der Waals surface area contributed by atoms with Gasteiger partial charge in [-0.15, -0.1) is 0 Å². The fourth-order valence-corrected chi connectivity index (χ4v) is 5.94. The van der Waals surface area contributed by atoms with Crippen molar-refractivity contribution in [1.82, 2.24) is 0 Å². The predicted octanol–water partition coefficient (Wildman–Crippen LogP) is 0.597. The minimum atomic E-state index is -0.345. The highest BCUT2D eigenvalue weighted by molar-refractivity contribution is 8.77. The van der Waals surface area contributed by atoms with Crippen molar-refractivity contribution in [2.45, 2.75) is 35.7 Å². The maximum atomic E-state index is 5.67. The molecule has 0 aromatic carbocycles. The molecule has 4 saturated heterocycles. The van der Waals surface area contributed by atoms with Crippen LogP contribution >= 0.6 is 21.6 Å². The van der Waals surface area contributed by atoms with Crippen LogP contribution in [-0.4, -0.2) is 88.5 Å². The maximum absolute atomic E-state index is 5.67. The van der Waals surface area contributed by atoms with Crippen LogP contribution in [0.25, 0.3) is 0 Å². The average molecular weight is 382 g/mol. The first-order valence-corrected chi connectivity index (χ1v) is 10.4. The van der Waals surface area contributed by atoms with Crippen LogP contribution in [0.15, 0.2) is 0 Å². The quantitative estimate of drug-likeness (QED) is 0.584. The molecule has 0 aromatic rings. The van der Waals surface area contributed by atoms with E-state index >= 15 is 0 Å². The molecule has 4 fully saturated rings. The number of hydrogen-bond acceptors (Lipinski definition) is 10.